The Bertz CT molecular complexity index is 462. The van der Waals surface area contributed by atoms with Crippen LogP contribution in [0.25, 0.3) is 0 Å². The summed E-state index contributed by atoms with van der Waals surface area (Å²) in [5.41, 5.74) is -0.312. The molecule has 4 heteroatoms. The predicted molar refractivity (Wildman–Crippen MR) is 83.1 cm³/mol. The van der Waals surface area contributed by atoms with Crippen molar-refractivity contribution < 1.29 is 9.90 Å². The Labute approximate surface area is 121 Å². The minimum Gasteiger partial charge on any atom is -0.388 e. The number of para-hydroxylation sites is 1. The highest BCUT2D eigenvalue weighted by Crippen LogP contribution is 2.22. The number of nitrogens with one attached hydrogen (secondary N) is 2. The van der Waals surface area contributed by atoms with E-state index in [1.54, 1.807) is 19.9 Å². The van der Waals surface area contributed by atoms with Crippen LogP contribution in [0.2, 0.25) is 0 Å². The number of benzene rings is 1. The van der Waals surface area contributed by atoms with Crippen molar-refractivity contribution in [3.05, 3.63) is 29.8 Å². The second-order valence-corrected chi connectivity index (χ2v) is 6.11. The van der Waals surface area contributed by atoms with Gasteiger partial charge in [-0.3, -0.25) is 4.79 Å². The van der Waals surface area contributed by atoms with Crippen LogP contribution < -0.4 is 10.6 Å². The minimum atomic E-state index is -1.01. The first-order chi connectivity index (χ1) is 9.19. The van der Waals surface area contributed by atoms with Gasteiger partial charge in [-0.25, -0.2) is 0 Å². The maximum atomic E-state index is 12.4. The fourth-order valence-electron chi connectivity index (χ4n) is 1.60. The zero-order chi connectivity index (χ0) is 15.4. The van der Waals surface area contributed by atoms with Gasteiger partial charge in [0.25, 0.3) is 5.91 Å². The molecule has 0 aliphatic carbocycles. The topological polar surface area (TPSA) is 61.4 Å². The van der Waals surface area contributed by atoms with Crippen LogP contribution in [0.3, 0.4) is 0 Å². The SMILES string of the molecule is CCCNc1ccccc1C(=O)NC(C)(C)C(C)(C)O. The van der Waals surface area contributed by atoms with Crippen LogP contribution in [-0.4, -0.2) is 28.7 Å². The maximum absolute atomic E-state index is 12.4. The Balaban J connectivity index is 2.93. The monoisotopic (exact) mass is 278 g/mol. The summed E-state index contributed by atoms with van der Waals surface area (Å²) in [6.45, 7) is 9.90. The van der Waals surface area contributed by atoms with Crippen molar-refractivity contribution in [3.63, 3.8) is 0 Å². The molecule has 0 atom stereocenters. The van der Waals surface area contributed by atoms with Gasteiger partial charge in [0.15, 0.2) is 0 Å². The molecule has 1 aromatic rings. The summed E-state index contributed by atoms with van der Waals surface area (Å²) < 4.78 is 0. The molecule has 0 saturated carbocycles. The van der Waals surface area contributed by atoms with Crippen molar-refractivity contribution >= 4 is 11.6 Å². The van der Waals surface area contributed by atoms with Crippen LogP contribution in [-0.2, 0) is 0 Å². The number of hydrogen-bond donors (Lipinski definition) is 3. The van der Waals surface area contributed by atoms with Crippen molar-refractivity contribution in [2.75, 3.05) is 11.9 Å². The van der Waals surface area contributed by atoms with Gasteiger partial charge in [0, 0.05) is 12.2 Å². The summed E-state index contributed by atoms with van der Waals surface area (Å²) in [7, 11) is 0. The molecule has 20 heavy (non-hydrogen) atoms. The molecule has 0 aliphatic rings. The summed E-state index contributed by atoms with van der Waals surface area (Å²) in [6, 6.07) is 7.41. The van der Waals surface area contributed by atoms with E-state index in [2.05, 4.69) is 17.6 Å². The molecule has 0 radical (unpaired) electrons. The van der Waals surface area contributed by atoms with Crippen LogP contribution >= 0.6 is 0 Å². The molecule has 1 amide bonds. The van der Waals surface area contributed by atoms with Gasteiger partial charge in [-0.05, 0) is 46.2 Å². The smallest absolute Gasteiger partial charge is 0.253 e. The third kappa shape index (κ3) is 3.97. The average molecular weight is 278 g/mol. The lowest BCUT2D eigenvalue weighted by molar-refractivity contribution is -0.00291. The molecule has 0 bridgehead atoms. The number of amides is 1. The van der Waals surface area contributed by atoms with Crippen molar-refractivity contribution in [1.82, 2.24) is 5.32 Å². The Hall–Kier alpha value is -1.55. The van der Waals surface area contributed by atoms with Gasteiger partial charge in [-0.2, -0.15) is 0 Å². The largest absolute Gasteiger partial charge is 0.388 e. The highest BCUT2D eigenvalue weighted by atomic mass is 16.3. The van der Waals surface area contributed by atoms with Crippen LogP contribution in [0.15, 0.2) is 24.3 Å². The van der Waals surface area contributed by atoms with Crippen molar-refractivity contribution in [2.24, 2.45) is 0 Å². The Kier molecular flexibility index (Phi) is 5.17. The Morgan fingerprint density at radius 2 is 1.80 bits per heavy atom. The molecular formula is C16H26N2O2. The lowest BCUT2D eigenvalue weighted by Gasteiger charge is -2.38. The Morgan fingerprint density at radius 1 is 1.20 bits per heavy atom. The summed E-state index contributed by atoms with van der Waals surface area (Å²) in [6.07, 6.45) is 0.991. The summed E-state index contributed by atoms with van der Waals surface area (Å²) in [5, 5.41) is 16.3. The van der Waals surface area contributed by atoms with Crippen molar-refractivity contribution in [1.29, 1.82) is 0 Å². The molecule has 0 unspecified atom stereocenters. The van der Waals surface area contributed by atoms with Gasteiger partial charge in [-0.15, -0.1) is 0 Å². The van der Waals surface area contributed by atoms with Crippen LogP contribution in [0, 0.1) is 0 Å². The van der Waals surface area contributed by atoms with Crippen molar-refractivity contribution in [3.8, 4) is 0 Å². The van der Waals surface area contributed by atoms with E-state index in [4.69, 9.17) is 0 Å². The van der Waals surface area contributed by atoms with Gasteiger partial charge in [0.05, 0.1) is 16.7 Å². The molecule has 0 fully saturated rings. The van der Waals surface area contributed by atoms with E-state index in [0.29, 0.717) is 5.56 Å². The number of carbonyl (C=O) groups excluding carboxylic acids is 1. The quantitative estimate of drug-likeness (QED) is 0.750. The lowest BCUT2D eigenvalue weighted by Crippen LogP contribution is -2.57. The molecule has 0 saturated heterocycles. The maximum Gasteiger partial charge on any atom is 0.253 e. The number of rotatable bonds is 6. The second-order valence-electron chi connectivity index (χ2n) is 6.11. The summed E-state index contributed by atoms with van der Waals surface area (Å²) >= 11 is 0. The zero-order valence-electron chi connectivity index (χ0n) is 13.1. The highest BCUT2D eigenvalue weighted by molar-refractivity contribution is 6.00. The van der Waals surface area contributed by atoms with Crippen LogP contribution in [0.1, 0.15) is 51.4 Å². The molecule has 0 heterocycles. The van der Waals surface area contributed by atoms with Crippen LogP contribution in [0.4, 0.5) is 5.69 Å². The minimum absolute atomic E-state index is 0.184. The highest BCUT2D eigenvalue weighted by Gasteiger charge is 2.36. The first-order valence-electron chi connectivity index (χ1n) is 7.07. The average Bonchev–Trinajstić information content (AvgIpc) is 2.34. The van der Waals surface area contributed by atoms with E-state index in [9.17, 15) is 9.90 Å². The van der Waals surface area contributed by atoms with Crippen molar-refractivity contribution in [2.45, 2.75) is 52.2 Å². The molecule has 0 spiro atoms. The van der Waals surface area contributed by atoms with Gasteiger partial charge >= 0.3 is 0 Å². The zero-order valence-corrected chi connectivity index (χ0v) is 13.1. The van der Waals surface area contributed by atoms with E-state index in [0.717, 1.165) is 18.7 Å². The van der Waals surface area contributed by atoms with E-state index < -0.39 is 11.1 Å². The molecule has 1 rings (SSSR count). The molecule has 3 N–H and O–H groups in total. The number of hydrogen-bond acceptors (Lipinski definition) is 3. The fourth-order valence-corrected chi connectivity index (χ4v) is 1.60. The normalized spacial score (nSPS) is 12.1. The summed E-state index contributed by atoms with van der Waals surface area (Å²) in [4.78, 5) is 12.4. The Morgan fingerprint density at radius 3 is 2.35 bits per heavy atom. The molecule has 112 valence electrons. The first-order valence-corrected chi connectivity index (χ1v) is 7.07. The van der Waals surface area contributed by atoms with Gasteiger partial charge in [0.1, 0.15) is 0 Å². The first kappa shape index (κ1) is 16.5. The lowest BCUT2D eigenvalue weighted by atomic mass is 9.85. The molecular weight excluding hydrogens is 252 g/mol. The second kappa shape index (κ2) is 6.27. The van der Waals surface area contributed by atoms with Gasteiger partial charge < -0.3 is 15.7 Å². The van der Waals surface area contributed by atoms with Crippen LogP contribution in [0.5, 0.6) is 0 Å². The molecule has 0 aromatic heterocycles. The third-order valence-electron chi connectivity index (χ3n) is 3.69. The fraction of sp³-hybridized carbons (Fsp3) is 0.562. The van der Waals surface area contributed by atoms with E-state index in [1.165, 1.54) is 0 Å². The number of carbonyl (C=O) groups is 1. The predicted octanol–water partition coefficient (Wildman–Crippen LogP) is 2.79. The number of anilines is 1. The standard InChI is InChI=1S/C16H26N2O2/c1-6-11-17-13-10-8-7-9-12(13)14(19)18-15(2,3)16(4,5)20/h7-10,17,20H,6,11H2,1-5H3,(H,18,19). The van der Waals surface area contributed by atoms with E-state index in [-0.39, 0.29) is 5.91 Å². The molecule has 1 aromatic carbocycles. The summed E-state index contributed by atoms with van der Waals surface area (Å²) in [5.74, 6) is -0.184. The van der Waals surface area contributed by atoms with E-state index in [1.807, 2.05) is 32.0 Å². The molecule has 4 nitrogen and oxygen atoms in total. The van der Waals surface area contributed by atoms with Gasteiger partial charge in [0.2, 0.25) is 0 Å². The number of aliphatic hydroxyl groups is 1. The molecule has 0 aliphatic heterocycles. The third-order valence-corrected chi connectivity index (χ3v) is 3.69. The van der Waals surface area contributed by atoms with E-state index >= 15 is 0 Å². The van der Waals surface area contributed by atoms with Gasteiger partial charge in [-0.1, -0.05) is 19.1 Å².